The molecule has 1 heterocycles. The molecule has 2 aromatic carbocycles. The number of ether oxygens (including phenoxy) is 2. The highest BCUT2D eigenvalue weighted by atomic mass is 32.1. The van der Waals surface area contributed by atoms with Gasteiger partial charge in [-0.3, -0.25) is 0 Å². The van der Waals surface area contributed by atoms with Gasteiger partial charge in [0.25, 0.3) is 0 Å². The minimum atomic E-state index is -0.291. The Morgan fingerprint density at radius 3 is 2.31 bits per heavy atom. The standard InChI is InChI=1S/C10H8O3S.C9H10O2S/c1-2-5-12-7-3-4-9-8(6-7)13-10(11)14-9;1-2-5-11-7-3-4-9(12)8(10)6-7/h2-4,6H,1,5H2;2-4,6,10,12H,1,5H2. The molecule has 136 valence electrons. The zero-order valence-corrected chi connectivity index (χ0v) is 15.6. The molecule has 3 rings (SSSR count). The summed E-state index contributed by atoms with van der Waals surface area (Å²) in [7, 11) is 0. The summed E-state index contributed by atoms with van der Waals surface area (Å²) in [4.78, 5) is 11.2. The van der Waals surface area contributed by atoms with E-state index < -0.39 is 0 Å². The molecule has 3 aromatic rings. The predicted octanol–water partition coefficient (Wildman–Crippen LogP) is 4.67. The Bertz CT molecular complexity index is 942. The van der Waals surface area contributed by atoms with Crippen LogP contribution in [0.1, 0.15) is 0 Å². The monoisotopic (exact) mass is 390 g/mol. The summed E-state index contributed by atoms with van der Waals surface area (Å²) in [6.45, 7) is 7.94. The molecule has 26 heavy (non-hydrogen) atoms. The third kappa shape index (κ3) is 5.72. The molecule has 1 N–H and O–H groups in total. The second-order valence-corrected chi connectivity index (χ2v) is 6.37. The number of fused-ring (bicyclic) bond motifs is 1. The van der Waals surface area contributed by atoms with Gasteiger partial charge in [-0.1, -0.05) is 36.6 Å². The molecule has 0 aliphatic rings. The Morgan fingerprint density at radius 2 is 1.69 bits per heavy atom. The Labute approximate surface area is 160 Å². The summed E-state index contributed by atoms with van der Waals surface area (Å²) in [5.74, 6) is 1.42. The largest absolute Gasteiger partial charge is 0.507 e. The Balaban J connectivity index is 0.000000190. The molecule has 0 atom stereocenters. The molecule has 0 unspecified atom stereocenters. The van der Waals surface area contributed by atoms with Crippen LogP contribution >= 0.6 is 24.0 Å². The first-order valence-electron chi connectivity index (χ1n) is 7.56. The lowest BCUT2D eigenvalue weighted by molar-refractivity contribution is 0.359. The van der Waals surface area contributed by atoms with E-state index >= 15 is 0 Å². The number of benzene rings is 2. The molecule has 0 saturated carbocycles. The van der Waals surface area contributed by atoms with Crippen molar-refractivity contribution < 1.29 is 19.0 Å². The maximum absolute atomic E-state index is 10.9. The van der Waals surface area contributed by atoms with Gasteiger partial charge in [-0.2, -0.15) is 0 Å². The second-order valence-electron chi connectivity index (χ2n) is 4.91. The van der Waals surface area contributed by atoms with Crippen molar-refractivity contribution in [2.75, 3.05) is 13.2 Å². The molecule has 1 aromatic heterocycles. The van der Waals surface area contributed by atoms with Crippen LogP contribution in [-0.4, -0.2) is 18.3 Å². The third-order valence-electron chi connectivity index (χ3n) is 2.98. The third-order valence-corrected chi connectivity index (χ3v) is 4.17. The van der Waals surface area contributed by atoms with Crippen molar-refractivity contribution in [1.82, 2.24) is 0 Å². The van der Waals surface area contributed by atoms with Gasteiger partial charge < -0.3 is 19.0 Å². The van der Waals surface area contributed by atoms with Crippen LogP contribution in [0.15, 0.2) is 75.8 Å². The molecular weight excluding hydrogens is 372 g/mol. The van der Waals surface area contributed by atoms with E-state index in [1.165, 1.54) is 6.07 Å². The van der Waals surface area contributed by atoms with E-state index in [0.29, 0.717) is 35.2 Å². The van der Waals surface area contributed by atoms with Crippen molar-refractivity contribution in [3.8, 4) is 17.2 Å². The molecule has 0 spiro atoms. The molecule has 0 aliphatic heterocycles. The molecule has 0 amide bonds. The molecule has 0 fully saturated rings. The van der Waals surface area contributed by atoms with Crippen LogP contribution in [0.3, 0.4) is 0 Å². The Morgan fingerprint density at radius 1 is 1.08 bits per heavy atom. The number of hydrogen-bond donors (Lipinski definition) is 2. The summed E-state index contributed by atoms with van der Waals surface area (Å²) < 4.78 is 16.3. The molecule has 0 aliphatic carbocycles. The van der Waals surface area contributed by atoms with Gasteiger partial charge in [0.15, 0.2) is 5.58 Å². The van der Waals surface area contributed by atoms with Crippen LogP contribution < -0.4 is 14.4 Å². The molecule has 0 radical (unpaired) electrons. The van der Waals surface area contributed by atoms with Crippen molar-refractivity contribution in [3.05, 3.63) is 71.4 Å². The van der Waals surface area contributed by atoms with E-state index in [4.69, 9.17) is 13.9 Å². The smallest absolute Gasteiger partial charge is 0.396 e. The van der Waals surface area contributed by atoms with Crippen molar-refractivity contribution in [3.63, 3.8) is 0 Å². The van der Waals surface area contributed by atoms with Crippen LogP contribution in [0.5, 0.6) is 17.2 Å². The van der Waals surface area contributed by atoms with Crippen LogP contribution in [0.25, 0.3) is 10.3 Å². The fourth-order valence-electron chi connectivity index (χ4n) is 1.85. The van der Waals surface area contributed by atoms with Crippen molar-refractivity contribution in [1.29, 1.82) is 0 Å². The summed E-state index contributed by atoms with van der Waals surface area (Å²) in [5.41, 5.74) is 0.571. The highest BCUT2D eigenvalue weighted by Gasteiger charge is 2.02. The van der Waals surface area contributed by atoms with E-state index in [2.05, 4.69) is 25.8 Å². The predicted molar refractivity (Wildman–Crippen MR) is 107 cm³/mol. The zero-order chi connectivity index (χ0) is 18.9. The van der Waals surface area contributed by atoms with Gasteiger partial charge in [-0.05, 0) is 24.3 Å². The summed E-state index contributed by atoms with van der Waals surface area (Å²) in [6.07, 6.45) is 3.31. The minimum Gasteiger partial charge on any atom is -0.507 e. The maximum Gasteiger partial charge on any atom is 0.396 e. The van der Waals surface area contributed by atoms with Crippen LogP contribution in [-0.2, 0) is 0 Å². The molecule has 0 bridgehead atoms. The number of phenolic OH excluding ortho intramolecular Hbond substituents is 1. The summed E-state index contributed by atoms with van der Waals surface area (Å²) in [6, 6.07) is 10.3. The Kier molecular flexibility index (Phi) is 7.37. The number of hydrogen-bond acceptors (Lipinski definition) is 7. The molecule has 5 nitrogen and oxygen atoms in total. The number of thiol groups is 1. The quantitative estimate of drug-likeness (QED) is 0.473. The van der Waals surface area contributed by atoms with Gasteiger partial charge in [-0.25, -0.2) is 4.79 Å². The normalized spacial score (nSPS) is 9.88. The van der Waals surface area contributed by atoms with Gasteiger partial charge >= 0.3 is 4.94 Å². The topological polar surface area (TPSA) is 68.9 Å². The van der Waals surface area contributed by atoms with E-state index in [9.17, 15) is 9.90 Å². The van der Waals surface area contributed by atoms with Gasteiger partial charge in [0, 0.05) is 17.0 Å². The lowest BCUT2D eigenvalue weighted by Crippen LogP contribution is -1.91. The number of aromatic hydroxyl groups is 1. The average Bonchev–Trinajstić information content (AvgIpc) is 3.00. The van der Waals surface area contributed by atoms with Gasteiger partial charge in [0.2, 0.25) is 0 Å². The minimum absolute atomic E-state index is 0.125. The lowest BCUT2D eigenvalue weighted by atomic mass is 10.3. The Hall–Kier alpha value is -2.64. The summed E-state index contributed by atoms with van der Waals surface area (Å²) >= 11 is 5.10. The van der Waals surface area contributed by atoms with Crippen LogP contribution in [0, 0.1) is 0 Å². The lowest BCUT2D eigenvalue weighted by Gasteiger charge is -2.03. The molecule has 7 heteroatoms. The van der Waals surface area contributed by atoms with E-state index in [1.54, 1.807) is 36.4 Å². The molecule has 0 saturated heterocycles. The summed E-state index contributed by atoms with van der Waals surface area (Å²) in [5, 5.41) is 9.22. The first-order chi connectivity index (χ1) is 12.5. The van der Waals surface area contributed by atoms with Crippen molar-refractivity contribution >= 4 is 34.2 Å². The van der Waals surface area contributed by atoms with E-state index in [0.717, 1.165) is 16.0 Å². The highest BCUT2D eigenvalue weighted by molar-refractivity contribution is 7.80. The van der Waals surface area contributed by atoms with E-state index in [-0.39, 0.29) is 10.7 Å². The fraction of sp³-hybridized carbons (Fsp3) is 0.105. The first-order valence-corrected chi connectivity index (χ1v) is 8.83. The SMILES string of the molecule is C=CCOc1ccc(S)c(O)c1.C=CCOc1ccc2sc(=O)oc2c1. The van der Waals surface area contributed by atoms with Gasteiger partial charge in [-0.15, -0.1) is 12.6 Å². The van der Waals surface area contributed by atoms with E-state index in [1.807, 2.05) is 6.07 Å². The van der Waals surface area contributed by atoms with Gasteiger partial charge in [0.1, 0.15) is 30.5 Å². The first kappa shape index (κ1) is 19.7. The van der Waals surface area contributed by atoms with Crippen LogP contribution in [0.2, 0.25) is 0 Å². The maximum atomic E-state index is 10.9. The van der Waals surface area contributed by atoms with Crippen molar-refractivity contribution in [2.45, 2.75) is 4.90 Å². The highest BCUT2D eigenvalue weighted by Crippen LogP contribution is 2.26. The molecular formula is C19H18O5S2. The number of rotatable bonds is 6. The second kappa shape index (κ2) is 9.74. The van der Waals surface area contributed by atoms with Gasteiger partial charge in [0.05, 0.1) is 4.70 Å². The fourth-order valence-corrected chi connectivity index (χ4v) is 2.63. The zero-order valence-electron chi connectivity index (χ0n) is 13.9. The average molecular weight is 390 g/mol. The van der Waals surface area contributed by atoms with Crippen molar-refractivity contribution in [2.24, 2.45) is 0 Å². The number of phenols is 1. The van der Waals surface area contributed by atoms with Crippen LogP contribution in [0.4, 0.5) is 0 Å².